The molecule has 3 aromatic carbocycles. The van der Waals surface area contributed by atoms with Gasteiger partial charge < -0.3 is 9.45 Å². The summed E-state index contributed by atoms with van der Waals surface area (Å²) in [5, 5.41) is 0. The first-order valence-electron chi connectivity index (χ1n) is 9.16. The van der Waals surface area contributed by atoms with E-state index in [1.54, 1.807) is 36.4 Å². The van der Waals surface area contributed by atoms with Crippen LogP contribution in [0.1, 0.15) is 16.7 Å². The van der Waals surface area contributed by atoms with Crippen molar-refractivity contribution in [2.45, 2.75) is 5.75 Å². The molecule has 3 aromatic rings. The van der Waals surface area contributed by atoms with Gasteiger partial charge >= 0.3 is 0 Å². The topological polar surface area (TPSA) is 57.6 Å². The molecule has 30 heavy (non-hydrogen) atoms. The molecule has 0 saturated heterocycles. The van der Waals surface area contributed by atoms with E-state index in [4.69, 9.17) is 4.55 Å². The van der Waals surface area contributed by atoms with Crippen LogP contribution in [0.5, 0.6) is 0 Å². The van der Waals surface area contributed by atoms with Crippen LogP contribution in [0, 0.1) is 11.6 Å². The summed E-state index contributed by atoms with van der Waals surface area (Å²) in [5.74, 6) is -1.29. The Hall–Kier alpha value is -3.16. The highest BCUT2D eigenvalue weighted by molar-refractivity contribution is 7.78. The van der Waals surface area contributed by atoms with E-state index in [0.29, 0.717) is 22.3 Å². The van der Waals surface area contributed by atoms with Crippen molar-refractivity contribution in [3.05, 3.63) is 101 Å². The van der Waals surface area contributed by atoms with Gasteiger partial charge in [-0.15, -0.1) is 0 Å². The third-order valence-corrected chi connectivity index (χ3v) is 5.53. The van der Waals surface area contributed by atoms with E-state index in [1.165, 1.54) is 41.3 Å². The summed E-state index contributed by atoms with van der Waals surface area (Å²) in [6, 6.07) is 18.6. The van der Waals surface area contributed by atoms with Gasteiger partial charge in [0.15, 0.2) is 11.1 Å². The molecule has 1 atom stereocenters. The molecule has 0 saturated carbocycles. The molecule has 0 fully saturated rings. The molecule has 1 unspecified atom stereocenters. The number of nitrogens with zero attached hydrogens (tertiary/aromatic N) is 1. The van der Waals surface area contributed by atoms with Crippen LogP contribution in [-0.2, 0) is 21.6 Å². The minimum Gasteiger partial charge on any atom is -0.306 e. The minimum atomic E-state index is -1.95. The predicted molar refractivity (Wildman–Crippen MR) is 113 cm³/mol. The molecule has 1 N–H and O–H groups in total. The van der Waals surface area contributed by atoms with Gasteiger partial charge in [0.2, 0.25) is 0 Å². The van der Waals surface area contributed by atoms with Crippen LogP contribution in [0.25, 0.3) is 11.1 Å². The maximum atomic E-state index is 14.4. The van der Waals surface area contributed by atoms with E-state index in [0.717, 1.165) is 5.56 Å². The second kappa shape index (κ2) is 8.30. The monoisotopic (exact) mass is 425 g/mol. The van der Waals surface area contributed by atoms with Gasteiger partial charge in [0.05, 0.1) is 23.6 Å². The Morgan fingerprint density at radius 2 is 1.53 bits per heavy atom. The van der Waals surface area contributed by atoms with Crippen molar-refractivity contribution in [1.82, 2.24) is 0 Å². The molecule has 0 bridgehead atoms. The summed E-state index contributed by atoms with van der Waals surface area (Å²) in [6.07, 6.45) is 0. The van der Waals surface area contributed by atoms with Gasteiger partial charge in [0.1, 0.15) is 11.6 Å². The first-order chi connectivity index (χ1) is 14.4. The Bertz CT molecular complexity index is 1160. The Kier molecular flexibility index (Phi) is 5.57. The first kappa shape index (κ1) is 20.1. The number of halogens is 2. The fourth-order valence-electron chi connectivity index (χ4n) is 3.53. The van der Waals surface area contributed by atoms with Gasteiger partial charge in [-0.1, -0.05) is 48.5 Å². The third-order valence-electron chi connectivity index (χ3n) is 4.95. The number of rotatable bonds is 5. The largest absolute Gasteiger partial charge is 0.306 e. The van der Waals surface area contributed by atoms with Crippen molar-refractivity contribution in [3.63, 3.8) is 0 Å². The zero-order valence-electron chi connectivity index (χ0n) is 15.7. The van der Waals surface area contributed by atoms with E-state index in [1.807, 2.05) is 0 Å². The Labute approximate surface area is 174 Å². The lowest BCUT2D eigenvalue weighted by Crippen LogP contribution is -2.27. The van der Waals surface area contributed by atoms with Gasteiger partial charge in [-0.3, -0.25) is 4.79 Å². The molecule has 4 rings (SSSR count). The van der Waals surface area contributed by atoms with E-state index in [-0.39, 0.29) is 23.9 Å². The van der Waals surface area contributed by atoms with Crippen LogP contribution in [0.2, 0.25) is 0 Å². The van der Waals surface area contributed by atoms with Crippen molar-refractivity contribution in [1.29, 1.82) is 0 Å². The highest BCUT2D eigenvalue weighted by atomic mass is 32.2. The fraction of sp³-hybridized carbons (Fsp3) is 0.0870. The van der Waals surface area contributed by atoms with Gasteiger partial charge in [-0.25, -0.2) is 13.0 Å². The van der Waals surface area contributed by atoms with E-state index in [9.17, 15) is 17.8 Å². The molecule has 7 heteroatoms. The lowest BCUT2D eigenvalue weighted by atomic mass is 9.96. The first-order valence-corrected chi connectivity index (χ1v) is 10.4. The zero-order valence-corrected chi connectivity index (χ0v) is 16.5. The highest BCUT2D eigenvalue weighted by Gasteiger charge is 2.34. The van der Waals surface area contributed by atoms with Crippen molar-refractivity contribution < 1.29 is 22.3 Å². The van der Waals surface area contributed by atoms with Gasteiger partial charge in [-0.2, -0.15) is 0 Å². The molecule has 0 radical (unpaired) electrons. The lowest BCUT2D eigenvalue weighted by molar-refractivity contribution is -0.112. The Morgan fingerprint density at radius 3 is 2.17 bits per heavy atom. The van der Waals surface area contributed by atoms with Gasteiger partial charge in [0.25, 0.3) is 5.91 Å². The van der Waals surface area contributed by atoms with Gasteiger partial charge in [0, 0.05) is 0 Å². The smallest absolute Gasteiger partial charge is 0.259 e. The summed E-state index contributed by atoms with van der Waals surface area (Å²) < 4.78 is 47.9. The van der Waals surface area contributed by atoms with Crippen LogP contribution in [0.4, 0.5) is 14.5 Å². The van der Waals surface area contributed by atoms with Crippen molar-refractivity contribution >= 4 is 33.8 Å². The number of benzene rings is 3. The number of anilines is 1. The van der Waals surface area contributed by atoms with E-state index in [2.05, 4.69) is 0 Å². The predicted octanol–water partition coefficient (Wildman–Crippen LogP) is 4.64. The fourth-order valence-corrected chi connectivity index (χ4v) is 4.01. The van der Waals surface area contributed by atoms with Crippen LogP contribution in [0.15, 0.2) is 72.8 Å². The lowest BCUT2D eigenvalue weighted by Gasteiger charge is -2.18. The van der Waals surface area contributed by atoms with E-state index >= 15 is 0 Å². The maximum absolute atomic E-state index is 14.4. The summed E-state index contributed by atoms with van der Waals surface area (Å²) in [6.45, 7) is 0.151. The van der Waals surface area contributed by atoms with Gasteiger partial charge in [-0.05, 0) is 46.5 Å². The minimum absolute atomic E-state index is 0.00439. The molecule has 152 valence electrons. The maximum Gasteiger partial charge on any atom is 0.259 e. The van der Waals surface area contributed by atoms with Crippen molar-refractivity contribution in [2.24, 2.45) is 0 Å². The zero-order chi connectivity index (χ0) is 21.3. The second-order valence-corrected chi connectivity index (χ2v) is 7.80. The van der Waals surface area contributed by atoms with Crippen molar-refractivity contribution in [3.8, 4) is 0 Å². The molecule has 1 heterocycles. The normalized spacial score (nSPS) is 15.0. The van der Waals surface area contributed by atoms with E-state index < -0.39 is 22.7 Å². The number of hydrogen-bond donors (Lipinski definition) is 1. The molecule has 0 spiro atoms. The number of carbonyl (C=O) groups excluding carboxylic acids is 1. The summed E-state index contributed by atoms with van der Waals surface area (Å²) in [4.78, 5) is 14.6. The molecular weight excluding hydrogens is 408 g/mol. The summed E-state index contributed by atoms with van der Waals surface area (Å²) in [7, 11) is 0. The molecular formula is C23H17F2NO3S. The highest BCUT2D eigenvalue weighted by Crippen LogP contribution is 2.37. The Morgan fingerprint density at radius 1 is 0.900 bits per heavy atom. The summed E-state index contributed by atoms with van der Waals surface area (Å²) >= 11 is -1.95. The number of hydrogen-bond acceptors (Lipinski definition) is 2. The molecule has 0 aliphatic carbocycles. The van der Waals surface area contributed by atoms with Crippen molar-refractivity contribution in [2.75, 3.05) is 11.4 Å². The molecule has 1 amide bonds. The molecule has 1 aliphatic heterocycles. The van der Waals surface area contributed by atoms with Crippen LogP contribution in [0.3, 0.4) is 0 Å². The number of para-hydroxylation sites is 1. The quantitative estimate of drug-likeness (QED) is 0.606. The van der Waals surface area contributed by atoms with Crippen LogP contribution < -0.4 is 4.90 Å². The van der Waals surface area contributed by atoms with Crippen LogP contribution in [-0.4, -0.2) is 21.2 Å². The number of carbonyl (C=O) groups is 1. The number of amides is 1. The molecule has 0 aromatic heterocycles. The molecule has 4 nitrogen and oxygen atoms in total. The Balaban J connectivity index is 1.80. The third kappa shape index (κ3) is 3.94. The standard InChI is InChI=1S/C23H17F2NO3S/c24-18-11-9-17(10-12-18)22-19(16-7-5-15(6-8-16)14-30(28)29)13-26(23(22)27)21-4-2-1-3-20(21)25/h1-12H,13-14H2,(H,28,29). The SMILES string of the molecule is O=C1C(c2ccc(F)cc2)=C(c2ccc(CS(=O)O)cc2)CN1c1ccccc1F. The summed E-state index contributed by atoms with van der Waals surface area (Å²) in [5.41, 5.74) is 3.16. The van der Waals surface area contributed by atoms with Crippen LogP contribution >= 0.6 is 0 Å². The average Bonchev–Trinajstić information content (AvgIpc) is 3.06. The average molecular weight is 425 g/mol. The molecule has 1 aliphatic rings. The second-order valence-electron chi connectivity index (χ2n) is 6.87.